The summed E-state index contributed by atoms with van der Waals surface area (Å²) in [6.07, 6.45) is 9.71. The molecule has 6 nitrogen and oxygen atoms in total. The molecule has 0 aliphatic carbocycles. The molecule has 3 aliphatic heterocycles. The van der Waals surface area contributed by atoms with E-state index in [0.29, 0.717) is 18.4 Å². The molecular weight excluding hydrogens is 361 g/mol. The number of nitrogens with one attached hydrogen (secondary N) is 1. The van der Waals surface area contributed by atoms with Crippen molar-refractivity contribution < 1.29 is 4.79 Å². The standard InChI is InChI=1S/C17H27N5O.2ClH/c23-16(12-13-6-5-9-18-13)21-10-3-1-7-14(21)17-20-19-15-8-2-4-11-22(15)17;;/h13-14,18H,1-12H2;2*1H. The summed E-state index contributed by atoms with van der Waals surface area (Å²) in [6.45, 7) is 2.94. The molecule has 1 N–H and O–H groups in total. The maximum atomic E-state index is 12.9. The van der Waals surface area contributed by atoms with Crippen LogP contribution in [0.1, 0.15) is 69.1 Å². The highest BCUT2D eigenvalue weighted by molar-refractivity contribution is 5.85. The molecule has 4 heterocycles. The third-order valence-corrected chi connectivity index (χ3v) is 5.59. The Morgan fingerprint density at radius 2 is 1.88 bits per heavy atom. The maximum absolute atomic E-state index is 12.9. The van der Waals surface area contributed by atoms with Crippen LogP contribution < -0.4 is 5.32 Å². The number of fused-ring (bicyclic) bond motifs is 1. The SMILES string of the molecule is Cl.Cl.O=C(CC1CCCN1)N1CCCCC1c1nnc2n1CCCC2. The van der Waals surface area contributed by atoms with E-state index in [1.54, 1.807) is 0 Å². The molecule has 3 aliphatic rings. The number of amides is 1. The first-order valence-corrected chi connectivity index (χ1v) is 9.28. The molecule has 142 valence electrons. The van der Waals surface area contributed by atoms with E-state index in [4.69, 9.17) is 0 Å². The van der Waals surface area contributed by atoms with Crippen molar-refractivity contribution >= 4 is 30.7 Å². The summed E-state index contributed by atoms with van der Waals surface area (Å²) in [5.41, 5.74) is 0. The molecule has 2 fully saturated rings. The molecule has 1 aromatic rings. The fourth-order valence-corrected chi connectivity index (χ4v) is 4.33. The number of carbonyl (C=O) groups excluding carboxylic acids is 1. The predicted molar refractivity (Wildman–Crippen MR) is 101 cm³/mol. The molecule has 4 rings (SSSR count). The van der Waals surface area contributed by atoms with Gasteiger partial charge in [0, 0.05) is 32.0 Å². The van der Waals surface area contributed by atoms with Gasteiger partial charge in [-0.1, -0.05) is 0 Å². The largest absolute Gasteiger partial charge is 0.332 e. The van der Waals surface area contributed by atoms with E-state index in [0.717, 1.165) is 57.0 Å². The van der Waals surface area contributed by atoms with Crippen molar-refractivity contribution in [2.75, 3.05) is 13.1 Å². The van der Waals surface area contributed by atoms with E-state index in [1.165, 1.54) is 25.7 Å². The molecule has 0 saturated carbocycles. The second kappa shape index (κ2) is 9.19. The van der Waals surface area contributed by atoms with Gasteiger partial charge in [-0.3, -0.25) is 4.79 Å². The number of hydrogen-bond acceptors (Lipinski definition) is 4. The van der Waals surface area contributed by atoms with E-state index < -0.39 is 0 Å². The summed E-state index contributed by atoms with van der Waals surface area (Å²) in [5, 5.41) is 12.3. The first-order chi connectivity index (χ1) is 11.3. The highest BCUT2D eigenvalue weighted by Crippen LogP contribution is 2.32. The van der Waals surface area contributed by atoms with E-state index >= 15 is 0 Å². The van der Waals surface area contributed by atoms with Gasteiger partial charge in [0.15, 0.2) is 5.82 Å². The quantitative estimate of drug-likeness (QED) is 0.862. The smallest absolute Gasteiger partial charge is 0.224 e. The van der Waals surface area contributed by atoms with Crippen molar-refractivity contribution in [3.8, 4) is 0 Å². The van der Waals surface area contributed by atoms with Crippen molar-refractivity contribution in [2.24, 2.45) is 0 Å². The van der Waals surface area contributed by atoms with Crippen molar-refractivity contribution in [1.29, 1.82) is 0 Å². The molecule has 0 spiro atoms. The van der Waals surface area contributed by atoms with Crippen LogP contribution >= 0.6 is 24.8 Å². The summed E-state index contributed by atoms with van der Waals surface area (Å²) in [6, 6.07) is 0.509. The number of aromatic nitrogens is 3. The van der Waals surface area contributed by atoms with Crippen molar-refractivity contribution in [2.45, 2.75) is 76.4 Å². The zero-order chi connectivity index (χ0) is 15.6. The number of rotatable bonds is 3. The first kappa shape index (κ1) is 20.5. The van der Waals surface area contributed by atoms with Crippen LogP contribution in [-0.2, 0) is 17.8 Å². The highest BCUT2D eigenvalue weighted by Gasteiger charge is 2.33. The van der Waals surface area contributed by atoms with E-state index in [9.17, 15) is 4.79 Å². The maximum Gasteiger partial charge on any atom is 0.224 e. The fourth-order valence-electron chi connectivity index (χ4n) is 4.33. The molecule has 2 saturated heterocycles. The molecule has 1 amide bonds. The molecular formula is C17H29Cl2N5O. The van der Waals surface area contributed by atoms with Gasteiger partial charge in [0.05, 0.1) is 6.04 Å². The normalized spacial score (nSPS) is 25.7. The number of likely N-dealkylation sites (tertiary alicyclic amines) is 1. The van der Waals surface area contributed by atoms with Gasteiger partial charge in [-0.05, 0) is 51.5 Å². The average molecular weight is 390 g/mol. The van der Waals surface area contributed by atoms with Crippen LogP contribution in [0.2, 0.25) is 0 Å². The molecule has 0 bridgehead atoms. The summed E-state index contributed by atoms with van der Waals surface area (Å²) in [5.74, 6) is 2.44. The Labute approximate surface area is 161 Å². The van der Waals surface area contributed by atoms with Crippen LogP contribution in [0.3, 0.4) is 0 Å². The van der Waals surface area contributed by atoms with E-state index in [2.05, 4.69) is 25.0 Å². The lowest BCUT2D eigenvalue weighted by Crippen LogP contribution is -2.42. The van der Waals surface area contributed by atoms with Crippen LogP contribution in [-0.4, -0.2) is 44.7 Å². The van der Waals surface area contributed by atoms with Gasteiger partial charge in [-0.15, -0.1) is 35.0 Å². The van der Waals surface area contributed by atoms with Crippen LogP contribution in [0, 0.1) is 0 Å². The van der Waals surface area contributed by atoms with Crippen LogP contribution in [0.25, 0.3) is 0 Å². The molecule has 1 aromatic heterocycles. The third kappa shape index (κ3) is 4.29. The molecule has 2 unspecified atom stereocenters. The lowest BCUT2D eigenvalue weighted by atomic mass is 9.99. The Bertz CT molecular complexity index is 573. The van der Waals surface area contributed by atoms with Gasteiger partial charge in [-0.2, -0.15) is 0 Å². The number of piperidine rings is 1. The van der Waals surface area contributed by atoms with Gasteiger partial charge >= 0.3 is 0 Å². The summed E-state index contributed by atoms with van der Waals surface area (Å²) in [7, 11) is 0. The second-order valence-electron chi connectivity index (χ2n) is 7.18. The zero-order valence-corrected chi connectivity index (χ0v) is 16.3. The Hall–Kier alpha value is -0.850. The van der Waals surface area contributed by atoms with Gasteiger partial charge in [0.1, 0.15) is 5.82 Å². The number of halogens is 2. The minimum Gasteiger partial charge on any atom is -0.332 e. The lowest BCUT2D eigenvalue weighted by Gasteiger charge is -2.36. The monoisotopic (exact) mass is 389 g/mol. The predicted octanol–water partition coefficient (Wildman–Crippen LogP) is 2.65. The van der Waals surface area contributed by atoms with E-state index in [-0.39, 0.29) is 30.9 Å². The Morgan fingerprint density at radius 3 is 2.68 bits per heavy atom. The number of hydrogen-bond donors (Lipinski definition) is 1. The minimum absolute atomic E-state index is 0. The number of aryl methyl sites for hydroxylation is 1. The van der Waals surface area contributed by atoms with Crippen molar-refractivity contribution in [3.05, 3.63) is 11.6 Å². The number of carbonyl (C=O) groups is 1. The topological polar surface area (TPSA) is 63.1 Å². The lowest BCUT2D eigenvalue weighted by molar-refractivity contribution is -0.135. The Balaban J connectivity index is 0.00000113. The molecule has 25 heavy (non-hydrogen) atoms. The molecule has 2 atom stereocenters. The minimum atomic E-state index is 0. The van der Waals surface area contributed by atoms with Crippen LogP contribution in [0.4, 0.5) is 0 Å². The highest BCUT2D eigenvalue weighted by atomic mass is 35.5. The van der Waals surface area contributed by atoms with E-state index in [1.807, 2.05) is 0 Å². The second-order valence-corrected chi connectivity index (χ2v) is 7.18. The molecule has 8 heteroatoms. The van der Waals surface area contributed by atoms with Crippen LogP contribution in [0.15, 0.2) is 0 Å². The Kier molecular flexibility index (Phi) is 7.52. The Morgan fingerprint density at radius 1 is 1.04 bits per heavy atom. The fraction of sp³-hybridized carbons (Fsp3) is 0.824. The summed E-state index contributed by atoms with van der Waals surface area (Å²) < 4.78 is 2.29. The van der Waals surface area contributed by atoms with Gasteiger partial charge in [0.2, 0.25) is 5.91 Å². The summed E-state index contributed by atoms with van der Waals surface area (Å²) in [4.78, 5) is 14.9. The third-order valence-electron chi connectivity index (χ3n) is 5.59. The van der Waals surface area contributed by atoms with Crippen molar-refractivity contribution in [3.63, 3.8) is 0 Å². The van der Waals surface area contributed by atoms with Gasteiger partial charge in [0.25, 0.3) is 0 Å². The molecule has 0 radical (unpaired) electrons. The zero-order valence-electron chi connectivity index (χ0n) is 14.7. The first-order valence-electron chi connectivity index (χ1n) is 9.28. The average Bonchev–Trinajstić information content (AvgIpc) is 3.24. The van der Waals surface area contributed by atoms with Crippen LogP contribution in [0.5, 0.6) is 0 Å². The number of nitrogens with zero attached hydrogens (tertiary/aromatic N) is 4. The van der Waals surface area contributed by atoms with Crippen molar-refractivity contribution in [1.82, 2.24) is 25.0 Å². The van der Waals surface area contributed by atoms with Gasteiger partial charge < -0.3 is 14.8 Å². The summed E-state index contributed by atoms with van der Waals surface area (Å²) >= 11 is 0. The molecule has 0 aromatic carbocycles. The van der Waals surface area contributed by atoms with Gasteiger partial charge in [-0.25, -0.2) is 0 Å².